The summed E-state index contributed by atoms with van der Waals surface area (Å²) in [5, 5.41) is 12.3. The summed E-state index contributed by atoms with van der Waals surface area (Å²) in [6.45, 7) is 5.84. The van der Waals surface area contributed by atoms with Crippen LogP contribution in [0.2, 0.25) is 0 Å². The number of hydrogen-bond acceptors (Lipinski definition) is 3. The molecule has 0 fully saturated rings. The average molecular weight is 297 g/mol. The number of thiophene rings is 1. The van der Waals surface area contributed by atoms with Gasteiger partial charge in [-0.3, -0.25) is 0 Å². The Morgan fingerprint density at radius 2 is 1.90 bits per heavy atom. The Bertz CT molecular complexity index is 851. The Hall–Kier alpha value is -2.20. The van der Waals surface area contributed by atoms with Gasteiger partial charge >= 0.3 is 5.97 Å². The van der Waals surface area contributed by atoms with Crippen LogP contribution in [0.3, 0.4) is 0 Å². The van der Waals surface area contributed by atoms with E-state index in [2.05, 4.69) is 0 Å². The van der Waals surface area contributed by atoms with Gasteiger partial charge in [0.25, 0.3) is 0 Å². The van der Waals surface area contributed by atoms with Crippen molar-refractivity contribution in [3.8, 4) is 10.6 Å². The zero-order chi connectivity index (χ0) is 15.1. The molecule has 0 atom stereocenters. The summed E-state index contributed by atoms with van der Waals surface area (Å²) in [4.78, 5) is 17.5. The Balaban J connectivity index is 2.49. The van der Waals surface area contributed by atoms with E-state index in [1.165, 1.54) is 0 Å². The third-order valence-corrected chi connectivity index (χ3v) is 4.77. The van der Waals surface area contributed by atoms with Gasteiger partial charge in [0.15, 0.2) is 0 Å². The highest BCUT2D eigenvalue weighted by Gasteiger charge is 2.19. The number of carboxylic acids is 1. The van der Waals surface area contributed by atoms with E-state index >= 15 is 0 Å². The van der Waals surface area contributed by atoms with E-state index in [4.69, 9.17) is 4.98 Å². The van der Waals surface area contributed by atoms with Crippen molar-refractivity contribution in [1.29, 1.82) is 0 Å². The summed E-state index contributed by atoms with van der Waals surface area (Å²) in [6, 6.07) is 7.74. The van der Waals surface area contributed by atoms with Crippen LogP contribution in [0.1, 0.15) is 27.0 Å². The van der Waals surface area contributed by atoms with Crippen molar-refractivity contribution < 1.29 is 9.90 Å². The van der Waals surface area contributed by atoms with Crippen molar-refractivity contribution in [3.05, 3.63) is 51.9 Å². The molecule has 0 saturated carbocycles. The van der Waals surface area contributed by atoms with Gasteiger partial charge in [-0.1, -0.05) is 18.2 Å². The molecule has 0 aliphatic heterocycles. The van der Waals surface area contributed by atoms with Crippen LogP contribution in [0.25, 0.3) is 21.5 Å². The minimum Gasteiger partial charge on any atom is -0.478 e. The van der Waals surface area contributed by atoms with E-state index in [0.29, 0.717) is 10.9 Å². The minimum atomic E-state index is -0.902. The smallest absolute Gasteiger partial charge is 0.336 e. The monoisotopic (exact) mass is 297 g/mol. The van der Waals surface area contributed by atoms with E-state index in [0.717, 1.165) is 32.8 Å². The molecule has 2 heterocycles. The molecule has 0 aliphatic rings. The van der Waals surface area contributed by atoms with Crippen LogP contribution in [0.15, 0.2) is 29.6 Å². The molecule has 0 unspecified atom stereocenters. The second kappa shape index (κ2) is 4.97. The predicted molar refractivity (Wildman–Crippen MR) is 86.2 cm³/mol. The zero-order valence-electron chi connectivity index (χ0n) is 12.1. The van der Waals surface area contributed by atoms with Gasteiger partial charge in [-0.15, -0.1) is 11.3 Å². The Morgan fingerprint density at radius 3 is 2.52 bits per heavy atom. The molecule has 3 nitrogen and oxygen atoms in total. The number of nitrogens with zero attached hydrogens (tertiary/aromatic N) is 1. The normalized spacial score (nSPS) is 11.0. The van der Waals surface area contributed by atoms with Gasteiger partial charge in [0.05, 0.1) is 21.7 Å². The lowest BCUT2D eigenvalue weighted by molar-refractivity contribution is 0.0698. The van der Waals surface area contributed by atoms with Gasteiger partial charge in [-0.05, 0) is 48.9 Å². The number of aryl methyl sites for hydroxylation is 2. The summed E-state index contributed by atoms with van der Waals surface area (Å²) in [5.74, 6) is -0.902. The first-order chi connectivity index (χ1) is 10.0. The lowest BCUT2D eigenvalue weighted by atomic mass is 9.97. The number of benzene rings is 1. The fourth-order valence-corrected chi connectivity index (χ4v) is 3.36. The molecule has 0 bridgehead atoms. The molecule has 0 aliphatic carbocycles. The van der Waals surface area contributed by atoms with Gasteiger partial charge in [-0.2, -0.15) is 0 Å². The number of carbonyl (C=O) groups is 1. The van der Waals surface area contributed by atoms with Crippen LogP contribution >= 0.6 is 11.3 Å². The molecule has 0 radical (unpaired) electrons. The summed E-state index contributed by atoms with van der Waals surface area (Å²) in [5.41, 5.74) is 4.78. The maximum absolute atomic E-state index is 11.7. The quantitative estimate of drug-likeness (QED) is 0.752. The minimum absolute atomic E-state index is 0.353. The lowest BCUT2D eigenvalue weighted by Gasteiger charge is -2.13. The Morgan fingerprint density at radius 1 is 1.14 bits per heavy atom. The highest BCUT2D eigenvalue weighted by atomic mass is 32.1. The van der Waals surface area contributed by atoms with E-state index in [9.17, 15) is 9.90 Å². The van der Waals surface area contributed by atoms with Crippen molar-refractivity contribution in [2.45, 2.75) is 20.8 Å². The van der Waals surface area contributed by atoms with Crippen molar-refractivity contribution in [2.24, 2.45) is 0 Å². The summed E-state index contributed by atoms with van der Waals surface area (Å²) in [7, 11) is 0. The van der Waals surface area contributed by atoms with Crippen molar-refractivity contribution >= 4 is 28.2 Å². The second-order valence-electron chi connectivity index (χ2n) is 5.15. The molecule has 2 aromatic heterocycles. The SMILES string of the molecule is Cc1ccc2c(C(=O)O)c(C)c(-c3cccs3)nc2c1C. The number of rotatable bonds is 2. The first kappa shape index (κ1) is 13.8. The number of aromatic carboxylic acids is 1. The molecule has 0 amide bonds. The number of carboxylic acid groups (broad SMARTS) is 1. The number of aromatic nitrogens is 1. The maximum Gasteiger partial charge on any atom is 0.336 e. The molecule has 1 aromatic carbocycles. The predicted octanol–water partition coefficient (Wildman–Crippen LogP) is 4.59. The number of pyridine rings is 1. The van der Waals surface area contributed by atoms with Crippen molar-refractivity contribution in [2.75, 3.05) is 0 Å². The van der Waals surface area contributed by atoms with Crippen LogP contribution in [-0.2, 0) is 0 Å². The van der Waals surface area contributed by atoms with Gasteiger partial charge in [0, 0.05) is 5.39 Å². The van der Waals surface area contributed by atoms with Crippen LogP contribution in [0.4, 0.5) is 0 Å². The van der Waals surface area contributed by atoms with Gasteiger partial charge < -0.3 is 5.11 Å². The van der Waals surface area contributed by atoms with Crippen LogP contribution in [0, 0.1) is 20.8 Å². The molecular weight excluding hydrogens is 282 g/mol. The largest absolute Gasteiger partial charge is 0.478 e. The molecule has 4 heteroatoms. The molecule has 0 spiro atoms. The van der Waals surface area contributed by atoms with Gasteiger partial charge in [-0.25, -0.2) is 9.78 Å². The first-order valence-electron chi connectivity index (χ1n) is 6.68. The third kappa shape index (κ3) is 2.12. The highest BCUT2D eigenvalue weighted by molar-refractivity contribution is 7.13. The fourth-order valence-electron chi connectivity index (χ4n) is 2.59. The van der Waals surface area contributed by atoms with E-state index in [-0.39, 0.29) is 0 Å². The Labute approximate surface area is 126 Å². The van der Waals surface area contributed by atoms with E-state index in [1.54, 1.807) is 11.3 Å². The standard InChI is InChI=1S/C17H15NO2S/c1-9-6-7-12-14(17(19)20)11(3)16(13-5-4-8-21-13)18-15(12)10(9)2/h4-8H,1-3H3,(H,19,20). The molecule has 3 aromatic rings. The topological polar surface area (TPSA) is 50.2 Å². The van der Waals surface area contributed by atoms with Gasteiger partial charge in [0.1, 0.15) is 0 Å². The lowest BCUT2D eigenvalue weighted by Crippen LogP contribution is -2.05. The highest BCUT2D eigenvalue weighted by Crippen LogP contribution is 2.33. The van der Waals surface area contributed by atoms with Crippen molar-refractivity contribution in [3.63, 3.8) is 0 Å². The van der Waals surface area contributed by atoms with E-state index < -0.39 is 5.97 Å². The van der Waals surface area contributed by atoms with Crippen LogP contribution in [0.5, 0.6) is 0 Å². The Kier molecular flexibility index (Phi) is 3.26. The average Bonchev–Trinajstić information content (AvgIpc) is 2.96. The number of hydrogen-bond donors (Lipinski definition) is 1. The maximum atomic E-state index is 11.7. The van der Waals surface area contributed by atoms with Crippen molar-refractivity contribution in [1.82, 2.24) is 4.98 Å². The molecule has 106 valence electrons. The van der Waals surface area contributed by atoms with Gasteiger partial charge in [0.2, 0.25) is 0 Å². The summed E-state index contributed by atoms with van der Waals surface area (Å²) >= 11 is 1.57. The van der Waals surface area contributed by atoms with E-state index in [1.807, 2.05) is 50.4 Å². The molecule has 1 N–H and O–H groups in total. The number of fused-ring (bicyclic) bond motifs is 1. The van der Waals surface area contributed by atoms with Crippen LogP contribution < -0.4 is 0 Å². The second-order valence-corrected chi connectivity index (χ2v) is 6.09. The molecule has 3 rings (SSSR count). The molecular formula is C17H15NO2S. The summed E-state index contributed by atoms with van der Waals surface area (Å²) in [6.07, 6.45) is 0. The molecule has 0 saturated heterocycles. The molecule has 21 heavy (non-hydrogen) atoms. The zero-order valence-corrected chi connectivity index (χ0v) is 12.9. The fraction of sp³-hybridized carbons (Fsp3) is 0.176. The van der Waals surface area contributed by atoms with Crippen LogP contribution in [-0.4, -0.2) is 16.1 Å². The summed E-state index contributed by atoms with van der Waals surface area (Å²) < 4.78 is 0. The third-order valence-electron chi connectivity index (χ3n) is 3.89. The first-order valence-corrected chi connectivity index (χ1v) is 7.56.